The van der Waals surface area contributed by atoms with Crippen LogP contribution in [0.15, 0.2) is 47.3 Å². The molecule has 1 aliphatic rings. The highest BCUT2D eigenvalue weighted by molar-refractivity contribution is 7.17. The number of hydrogen-bond donors (Lipinski definition) is 2. The van der Waals surface area contributed by atoms with Crippen LogP contribution in [0, 0.1) is 0 Å². The van der Waals surface area contributed by atoms with Crippen LogP contribution >= 0.6 is 11.3 Å². The molecule has 3 aromatic rings. The number of aryl methyl sites for hydroxylation is 1. The number of carbonyl (C=O) groups is 2. The second kappa shape index (κ2) is 7.13. The minimum atomic E-state index is -0.266. The number of carbonyl (C=O) groups excluding carboxylic acids is 2. The molecule has 3 aromatic heterocycles. The fraction of sp³-hybridized carbons (Fsp3) is 0.211. The topological polar surface area (TPSA) is 84.2 Å². The lowest BCUT2D eigenvalue weighted by Gasteiger charge is -2.09. The Hall–Kier alpha value is -2.93. The molecule has 0 radical (unpaired) electrons. The Morgan fingerprint density at radius 2 is 2.12 bits per heavy atom. The highest BCUT2D eigenvalue weighted by Gasteiger charge is 2.27. The Bertz CT molecular complexity index is 933. The zero-order valence-corrected chi connectivity index (χ0v) is 14.8. The van der Waals surface area contributed by atoms with Crippen LogP contribution in [0.25, 0.3) is 0 Å². The van der Waals surface area contributed by atoms with E-state index in [9.17, 15) is 9.59 Å². The normalized spacial score (nSPS) is 12.6. The summed E-state index contributed by atoms with van der Waals surface area (Å²) in [5.41, 5.74) is 2.09. The largest absolute Gasteiger partial charge is 0.467 e. The number of hydrogen-bond acceptors (Lipinski definition) is 5. The minimum absolute atomic E-state index is 0.192. The van der Waals surface area contributed by atoms with Crippen LogP contribution in [-0.2, 0) is 19.4 Å². The van der Waals surface area contributed by atoms with Crippen LogP contribution in [0.4, 0.5) is 5.00 Å². The average Bonchev–Trinajstić information content (AvgIpc) is 3.38. The van der Waals surface area contributed by atoms with Crippen molar-refractivity contribution in [2.24, 2.45) is 0 Å². The molecule has 0 aromatic carbocycles. The van der Waals surface area contributed by atoms with Gasteiger partial charge in [0.15, 0.2) is 0 Å². The molecule has 0 bridgehead atoms. The summed E-state index contributed by atoms with van der Waals surface area (Å²) in [5.74, 6) is 0.228. The highest BCUT2D eigenvalue weighted by Crippen LogP contribution is 2.39. The van der Waals surface area contributed by atoms with E-state index in [2.05, 4.69) is 15.6 Å². The van der Waals surface area contributed by atoms with Crippen molar-refractivity contribution in [3.8, 4) is 0 Å². The molecule has 0 aliphatic heterocycles. The number of rotatable bonds is 5. The van der Waals surface area contributed by atoms with Gasteiger partial charge in [0.1, 0.15) is 10.8 Å². The number of aromatic nitrogens is 1. The van der Waals surface area contributed by atoms with E-state index in [0.29, 0.717) is 28.4 Å². The Morgan fingerprint density at radius 3 is 2.88 bits per heavy atom. The quantitative estimate of drug-likeness (QED) is 0.724. The van der Waals surface area contributed by atoms with Crippen LogP contribution in [0.2, 0.25) is 0 Å². The molecule has 2 amide bonds. The molecule has 2 N–H and O–H groups in total. The maximum atomic E-state index is 12.8. The third kappa shape index (κ3) is 3.25. The number of furan rings is 1. The molecule has 132 valence electrons. The average molecular weight is 367 g/mol. The van der Waals surface area contributed by atoms with E-state index in [0.717, 1.165) is 24.8 Å². The van der Waals surface area contributed by atoms with E-state index >= 15 is 0 Å². The van der Waals surface area contributed by atoms with Gasteiger partial charge < -0.3 is 15.1 Å². The number of nitrogens with zero attached hydrogens (tertiary/aromatic N) is 1. The summed E-state index contributed by atoms with van der Waals surface area (Å²) in [6, 6.07) is 6.99. The van der Waals surface area contributed by atoms with E-state index < -0.39 is 0 Å². The van der Waals surface area contributed by atoms with Gasteiger partial charge in [-0.3, -0.25) is 14.6 Å². The van der Waals surface area contributed by atoms with Gasteiger partial charge in [-0.25, -0.2) is 0 Å². The molecule has 0 atom stereocenters. The first-order chi connectivity index (χ1) is 12.7. The maximum absolute atomic E-state index is 12.8. The first-order valence-corrected chi connectivity index (χ1v) is 9.20. The molecule has 0 spiro atoms. The Balaban J connectivity index is 1.57. The smallest absolute Gasteiger partial charge is 0.257 e. The molecule has 3 heterocycles. The second-order valence-corrected chi connectivity index (χ2v) is 7.12. The van der Waals surface area contributed by atoms with Crippen molar-refractivity contribution in [1.29, 1.82) is 0 Å². The molecule has 7 heteroatoms. The Labute approximate surface area is 154 Å². The first kappa shape index (κ1) is 16.5. The zero-order valence-electron chi connectivity index (χ0n) is 14.0. The lowest BCUT2D eigenvalue weighted by molar-refractivity contribution is 0.0948. The Morgan fingerprint density at radius 1 is 1.19 bits per heavy atom. The van der Waals surface area contributed by atoms with Crippen LogP contribution in [-0.4, -0.2) is 16.8 Å². The molecule has 1 aliphatic carbocycles. The van der Waals surface area contributed by atoms with Crippen molar-refractivity contribution >= 4 is 28.2 Å². The van der Waals surface area contributed by atoms with Gasteiger partial charge in [0.25, 0.3) is 11.8 Å². The van der Waals surface area contributed by atoms with Gasteiger partial charge in [-0.2, -0.15) is 0 Å². The van der Waals surface area contributed by atoms with Crippen molar-refractivity contribution in [1.82, 2.24) is 10.3 Å². The van der Waals surface area contributed by atoms with Gasteiger partial charge in [0.05, 0.1) is 23.9 Å². The number of anilines is 1. The molecule has 26 heavy (non-hydrogen) atoms. The van der Waals surface area contributed by atoms with Gasteiger partial charge in [-0.1, -0.05) is 0 Å². The van der Waals surface area contributed by atoms with Crippen molar-refractivity contribution in [3.63, 3.8) is 0 Å². The van der Waals surface area contributed by atoms with Crippen LogP contribution in [0.5, 0.6) is 0 Å². The van der Waals surface area contributed by atoms with Crippen LogP contribution < -0.4 is 10.6 Å². The number of fused-ring (bicyclic) bond motifs is 1. The van der Waals surface area contributed by atoms with Crippen LogP contribution in [0.3, 0.4) is 0 Å². The molecule has 0 fully saturated rings. The monoisotopic (exact) mass is 367 g/mol. The standard InChI is InChI=1S/C19H17N3O3S/c23-17(12-4-2-8-20-10-12)22-19-16(14-6-1-7-15(14)26-19)18(24)21-11-13-5-3-9-25-13/h2-5,8-10H,1,6-7,11H2,(H,21,24)(H,22,23). The second-order valence-electron chi connectivity index (χ2n) is 6.02. The fourth-order valence-corrected chi connectivity index (χ4v) is 4.36. The van der Waals surface area contributed by atoms with E-state index in [4.69, 9.17) is 4.42 Å². The predicted molar refractivity (Wildman–Crippen MR) is 98.4 cm³/mol. The van der Waals surface area contributed by atoms with Gasteiger partial charge in [0, 0.05) is 17.3 Å². The first-order valence-electron chi connectivity index (χ1n) is 8.39. The lowest BCUT2D eigenvalue weighted by atomic mass is 10.1. The third-order valence-electron chi connectivity index (χ3n) is 4.30. The summed E-state index contributed by atoms with van der Waals surface area (Å²) < 4.78 is 5.26. The molecular weight excluding hydrogens is 350 g/mol. The van der Waals surface area contributed by atoms with Crippen molar-refractivity contribution < 1.29 is 14.0 Å². The molecule has 0 saturated heterocycles. The minimum Gasteiger partial charge on any atom is -0.467 e. The number of pyridine rings is 1. The Kier molecular flexibility index (Phi) is 4.53. The van der Waals surface area contributed by atoms with E-state index in [1.165, 1.54) is 22.4 Å². The maximum Gasteiger partial charge on any atom is 0.257 e. The van der Waals surface area contributed by atoms with E-state index in [-0.39, 0.29) is 11.8 Å². The fourth-order valence-electron chi connectivity index (χ4n) is 3.07. The number of thiophene rings is 1. The van der Waals surface area contributed by atoms with Gasteiger partial charge in [0.2, 0.25) is 0 Å². The molecule has 0 saturated carbocycles. The molecule has 6 nitrogen and oxygen atoms in total. The molecule has 4 rings (SSSR count). The predicted octanol–water partition coefficient (Wildman–Crippen LogP) is 3.41. The van der Waals surface area contributed by atoms with Gasteiger partial charge in [-0.05, 0) is 49.1 Å². The summed E-state index contributed by atoms with van der Waals surface area (Å²) >= 11 is 1.49. The van der Waals surface area contributed by atoms with Crippen molar-refractivity contribution in [2.45, 2.75) is 25.8 Å². The zero-order chi connectivity index (χ0) is 17.9. The van der Waals surface area contributed by atoms with Crippen molar-refractivity contribution in [3.05, 3.63) is 70.3 Å². The van der Waals surface area contributed by atoms with Crippen LogP contribution in [0.1, 0.15) is 43.3 Å². The van der Waals surface area contributed by atoms with E-state index in [1.807, 2.05) is 6.07 Å². The molecular formula is C19H17N3O3S. The summed E-state index contributed by atoms with van der Waals surface area (Å²) in [6.07, 6.45) is 7.54. The third-order valence-corrected chi connectivity index (χ3v) is 5.51. The summed E-state index contributed by atoms with van der Waals surface area (Å²) in [7, 11) is 0. The SMILES string of the molecule is O=C(Nc1sc2c(c1C(=O)NCc1ccco1)CCC2)c1cccnc1. The number of nitrogens with one attached hydrogen (secondary N) is 2. The summed E-state index contributed by atoms with van der Waals surface area (Å²) in [5, 5.41) is 6.36. The van der Waals surface area contributed by atoms with Crippen molar-refractivity contribution in [2.75, 3.05) is 5.32 Å². The highest BCUT2D eigenvalue weighted by atomic mass is 32.1. The summed E-state index contributed by atoms with van der Waals surface area (Å²) in [6.45, 7) is 0.312. The lowest BCUT2D eigenvalue weighted by Crippen LogP contribution is -2.25. The van der Waals surface area contributed by atoms with Gasteiger partial charge >= 0.3 is 0 Å². The van der Waals surface area contributed by atoms with E-state index in [1.54, 1.807) is 30.7 Å². The number of amides is 2. The molecule has 0 unspecified atom stereocenters. The van der Waals surface area contributed by atoms with Gasteiger partial charge in [-0.15, -0.1) is 11.3 Å². The summed E-state index contributed by atoms with van der Waals surface area (Å²) in [4.78, 5) is 30.4.